The van der Waals surface area contributed by atoms with Gasteiger partial charge >= 0.3 is 0 Å². The third kappa shape index (κ3) is 0.963. The van der Waals surface area contributed by atoms with Gasteiger partial charge in [-0.3, -0.25) is 4.79 Å². The molecule has 13 heavy (non-hydrogen) atoms. The number of rotatable bonds is 0. The molecule has 3 aliphatic carbocycles. The van der Waals surface area contributed by atoms with E-state index in [9.17, 15) is 4.79 Å². The van der Waals surface area contributed by atoms with E-state index in [1.165, 1.54) is 44.9 Å². The van der Waals surface area contributed by atoms with Crippen molar-refractivity contribution in [1.82, 2.24) is 0 Å². The maximum absolute atomic E-state index is 12.0. The molecule has 0 aromatic carbocycles. The molecule has 0 saturated heterocycles. The lowest BCUT2D eigenvalue weighted by molar-refractivity contribution is -0.135. The molecule has 3 saturated carbocycles. The van der Waals surface area contributed by atoms with Crippen LogP contribution < -0.4 is 0 Å². The second kappa shape index (κ2) is 2.59. The van der Waals surface area contributed by atoms with Crippen LogP contribution in [-0.4, -0.2) is 5.78 Å². The van der Waals surface area contributed by atoms with Gasteiger partial charge in [0.15, 0.2) is 0 Å². The number of ketones is 1. The zero-order chi connectivity index (χ0) is 8.89. The topological polar surface area (TPSA) is 17.1 Å². The number of carbonyl (C=O) groups excluding carboxylic acids is 1. The first kappa shape index (κ1) is 8.02. The van der Waals surface area contributed by atoms with Crippen molar-refractivity contribution < 1.29 is 4.79 Å². The van der Waals surface area contributed by atoms with Crippen LogP contribution in [0.2, 0.25) is 0 Å². The van der Waals surface area contributed by atoms with E-state index in [0.717, 1.165) is 18.3 Å². The maximum Gasteiger partial charge on any atom is 0.139 e. The second-order valence-electron chi connectivity index (χ2n) is 5.37. The van der Waals surface area contributed by atoms with E-state index in [-0.39, 0.29) is 5.41 Å². The Labute approximate surface area is 79.9 Å². The summed E-state index contributed by atoms with van der Waals surface area (Å²) < 4.78 is 0. The number of fused-ring (bicyclic) bond motifs is 1. The molecule has 3 atom stereocenters. The van der Waals surface area contributed by atoms with Crippen LogP contribution >= 0.6 is 0 Å². The van der Waals surface area contributed by atoms with Gasteiger partial charge < -0.3 is 0 Å². The summed E-state index contributed by atoms with van der Waals surface area (Å²) in [5, 5.41) is 0. The van der Waals surface area contributed by atoms with Crippen LogP contribution in [0.4, 0.5) is 0 Å². The summed E-state index contributed by atoms with van der Waals surface area (Å²) in [7, 11) is 0. The van der Waals surface area contributed by atoms with E-state index >= 15 is 0 Å². The number of Topliss-reactive ketones (excluding diaryl/α,β-unsaturated/α-hetero) is 1. The van der Waals surface area contributed by atoms with Crippen molar-refractivity contribution >= 4 is 5.78 Å². The van der Waals surface area contributed by atoms with Gasteiger partial charge in [0, 0.05) is 11.8 Å². The summed E-state index contributed by atoms with van der Waals surface area (Å²) in [6.45, 7) is 0. The van der Waals surface area contributed by atoms with Gasteiger partial charge in [-0.05, 0) is 43.9 Å². The lowest BCUT2D eigenvalue weighted by Crippen LogP contribution is -2.39. The molecule has 0 aromatic heterocycles. The molecule has 0 heterocycles. The first-order valence-electron chi connectivity index (χ1n) is 5.84. The quantitative estimate of drug-likeness (QED) is 0.557. The highest BCUT2D eigenvalue weighted by Crippen LogP contribution is 2.59. The summed E-state index contributed by atoms with van der Waals surface area (Å²) in [6.07, 6.45) is 10.0. The van der Waals surface area contributed by atoms with E-state index in [4.69, 9.17) is 0 Å². The van der Waals surface area contributed by atoms with Crippen molar-refractivity contribution in [3.05, 3.63) is 0 Å². The van der Waals surface area contributed by atoms with Crippen LogP contribution in [0, 0.1) is 17.3 Å². The van der Waals surface area contributed by atoms with Crippen molar-refractivity contribution in [2.45, 2.75) is 51.4 Å². The second-order valence-corrected chi connectivity index (χ2v) is 5.37. The average molecular weight is 178 g/mol. The Hall–Kier alpha value is -0.330. The Morgan fingerprint density at radius 3 is 3.08 bits per heavy atom. The van der Waals surface area contributed by atoms with Crippen LogP contribution in [0.15, 0.2) is 0 Å². The highest BCUT2D eigenvalue weighted by atomic mass is 16.1. The molecule has 3 rings (SSSR count). The predicted octanol–water partition coefficient (Wildman–Crippen LogP) is 2.94. The van der Waals surface area contributed by atoms with Crippen LogP contribution in [0.5, 0.6) is 0 Å². The molecule has 1 heteroatoms. The normalized spacial score (nSPS) is 49.1. The molecule has 3 fully saturated rings. The first-order chi connectivity index (χ1) is 6.31. The zero-order valence-electron chi connectivity index (χ0n) is 8.22. The largest absolute Gasteiger partial charge is 0.299 e. The molecule has 3 aliphatic rings. The highest BCUT2D eigenvalue weighted by molar-refractivity contribution is 5.86. The lowest BCUT2D eigenvalue weighted by atomic mass is 9.63. The Balaban J connectivity index is 1.97. The van der Waals surface area contributed by atoms with Gasteiger partial charge in [0.1, 0.15) is 5.78 Å². The predicted molar refractivity (Wildman–Crippen MR) is 51.4 cm³/mol. The number of hydrogen-bond donors (Lipinski definition) is 0. The van der Waals surface area contributed by atoms with E-state index < -0.39 is 0 Å². The molecule has 0 unspecified atom stereocenters. The molecular weight excluding hydrogens is 160 g/mol. The van der Waals surface area contributed by atoms with Crippen molar-refractivity contribution in [2.75, 3.05) is 0 Å². The molecule has 0 N–H and O–H groups in total. The minimum Gasteiger partial charge on any atom is -0.299 e. The van der Waals surface area contributed by atoms with Crippen LogP contribution in [0.3, 0.4) is 0 Å². The Morgan fingerprint density at radius 1 is 1.23 bits per heavy atom. The minimum absolute atomic E-state index is 0.209. The fourth-order valence-electron chi connectivity index (χ4n) is 4.26. The fourth-order valence-corrected chi connectivity index (χ4v) is 4.26. The van der Waals surface area contributed by atoms with Gasteiger partial charge in [0.05, 0.1) is 0 Å². The Morgan fingerprint density at radius 2 is 2.15 bits per heavy atom. The first-order valence-corrected chi connectivity index (χ1v) is 5.84. The van der Waals surface area contributed by atoms with Gasteiger partial charge in [-0.15, -0.1) is 0 Å². The Bertz CT molecular complexity index is 246. The third-order valence-corrected chi connectivity index (χ3v) is 4.80. The van der Waals surface area contributed by atoms with E-state index in [0.29, 0.717) is 5.78 Å². The molecule has 0 aliphatic heterocycles. The highest BCUT2D eigenvalue weighted by Gasteiger charge is 2.54. The number of hydrogen-bond acceptors (Lipinski definition) is 1. The molecule has 72 valence electrons. The number of carbonyl (C=O) groups is 1. The minimum atomic E-state index is 0.209. The van der Waals surface area contributed by atoms with Crippen molar-refractivity contribution in [3.8, 4) is 0 Å². The van der Waals surface area contributed by atoms with Crippen molar-refractivity contribution in [3.63, 3.8) is 0 Å². The van der Waals surface area contributed by atoms with Gasteiger partial charge in [0.25, 0.3) is 0 Å². The fraction of sp³-hybridized carbons (Fsp3) is 0.917. The molecule has 1 nitrogen and oxygen atoms in total. The SMILES string of the molecule is O=C1CCC[C@@H]2C[C@H]3CCC[C@@]12C3. The molecule has 0 amide bonds. The monoisotopic (exact) mass is 178 g/mol. The molecule has 0 radical (unpaired) electrons. The van der Waals surface area contributed by atoms with E-state index in [2.05, 4.69) is 0 Å². The summed E-state index contributed by atoms with van der Waals surface area (Å²) >= 11 is 0. The summed E-state index contributed by atoms with van der Waals surface area (Å²) in [4.78, 5) is 12.0. The summed E-state index contributed by atoms with van der Waals surface area (Å²) in [5.74, 6) is 2.34. The standard InChI is InChI=1S/C12H18O/c13-11-5-1-4-10-7-9-3-2-6-12(10,11)8-9/h9-10H,1-8H2/t9-,10-,12+/m1/s1. The van der Waals surface area contributed by atoms with Gasteiger partial charge in [0.2, 0.25) is 0 Å². The summed E-state index contributed by atoms with van der Waals surface area (Å²) in [5.41, 5.74) is 0.209. The van der Waals surface area contributed by atoms with E-state index in [1.54, 1.807) is 0 Å². The van der Waals surface area contributed by atoms with Crippen molar-refractivity contribution in [2.24, 2.45) is 17.3 Å². The van der Waals surface area contributed by atoms with Gasteiger partial charge in [-0.1, -0.05) is 12.8 Å². The third-order valence-electron chi connectivity index (χ3n) is 4.80. The van der Waals surface area contributed by atoms with Crippen LogP contribution in [0.25, 0.3) is 0 Å². The van der Waals surface area contributed by atoms with Crippen LogP contribution in [0.1, 0.15) is 51.4 Å². The smallest absolute Gasteiger partial charge is 0.139 e. The van der Waals surface area contributed by atoms with Gasteiger partial charge in [-0.2, -0.15) is 0 Å². The van der Waals surface area contributed by atoms with Gasteiger partial charge in [-0.25, -0.2) is 0 Å². The molecule has 2 bridgehead atoms. The lowest BCUT2D eigenvalue weighted by Gasteiger charge is -2.39. The zero-order valence-corrected chi connectivity index (χ0v) is 8.22. The Kier molecular flexibility index (Phi) is 1.59. The van der Waals surface area contributed by atoms with Crippen molar-refractivity contribution in [1.29, 1.82) is 0 Å². The van der Waals surface area contributed by atoms with Crippen LogP contribution in [-0.2, 0) is 4.79 Å². The summed E-state index contributed by atoms with van der Waals surface area (Å²) in [6, 6.07) is 0. The molecule has 0 aromatic rings. The molecule has 1 spiro atoms. The maximum atomic E-state index is 12.0. The van der Waals surface area contributed by atoms with E-state index in [1.807, 2.05) is 0 Å². The molecular formula is C12H18O. The average Bonchev–Trinajstić information content (AvgIpc) is 2.39.